The number of aromatic nitrogens is 2. The fourth-order valence-corrected chi connectivity index (χ4v) is 5.04. The molecule has 0 radical (unpaired) electrons. The van der Waals surface area contributed by atoms with E-state index in [1.54, 1.807) is 0 Å². The zero-order chi connectivity index (χ0) is 23.0. The van der Waals surface area contributed by atoms with Gasteiger partial charge in [-0.2, -0.15) is 4.98 Å². The molecule has 2 fully saturated rings. The number of benzene rings is 1. The summed E-state index contributed by atoms with van der Waals surface area (Å²) in [6.45, 7) is 0.996. The number of amides is 1. The Morgan fingerprint density at radius 1 is 1.24 bits per heavy atom. The van der Waals surface area contributed by atoms with Gasteiger partial charge < -0.3 is 15.2 Å². The van der Waals surface area contributed by atoms with E-state index in [2.05, 4.69) is 22.2 Å². The van der Waals surface area contributed by atoms with E-state index >= 15 is 0 Å². The molecule has 3 heterocycles. The first-order valence-corrected chi connectivity index (χ1v) is 11.9. The van der Waals surface area contributed by atoms with Crippen LogP contribution in [-0.2, 0) is 17.8 Å². The monoisotopic (exact) mass is 459 g/mol. The van der Waals surface area contributed by atoms with Crippen LogP contribution in [0, 0.1) is 0 Å². The van der Waals surface area contributed by atoms with E-state index < -0.39 is 12.5 Å². The van der Waals surface area contributed by atoms with Crippen molar-refractivity contribution in [2.75, 3.05) is 19.6 Å². The third kappa shape index (κ3) is 4.94. The fourth-order valence-electron chi connectivity index (χ4n) is 5.04. The van der Waals surface area contributed by atoms with E-state index in [9.17, 15) is 13.6 Å². The molecule has 9 heteroatoms. The summed E-state index contributed by atoms with van der Waals surface area (Å²) in [6, 6.07) is 7.91. The lowest BCUT2D eigenvalue weighted by molar-refractivity contribution is -0.147. The topological polar surface area (TPSA) is 88.5 Å². The molecule has 1 amide bonds. The highest BCUT2D eigenvalue weighted by atomic mass is 19.3. The highest BCUT2D eigenvalue weighted by Crippen LogP contribution is 2.37. The summed E-state index contributed by atoms with van der Waals surface area (Å²) in [5, 5.41) is 4.25. The summed E-state index contributed by atoms with van der Waals surface area (Å²) in [7, 11) is 0. The number of nitrogens with two attached hydrogens (primary N) is 1. The zero-order valence-electron chi connectivity index (χ0n) is 18.8. The summed E-state index contributed by atoms with van der Waals surface area (Å²) >= 11 is 0. The van der Waals surface area contributed by atoms with Crippen molar-refractivity contribution in [1.82, 2.24) is 19.9 Å². The molecule has 1 saturated carbocycles. The number of likely N-dealkylation sites (tertiary alicyclic amines) is 1. The van der Waals surface area contributed by atoms with Gasteiger partial charge in [-0.25, -0.2) is 8.78 Å². The molecule has 5 rings (SSSR count). The molecule has 33 heavy (non-hydrogen) atoms. The number of rotatable bonds is 7. The average molecular weight is 460 g/mol. The molecule has 2 N–H and O–H groups in total. The Labute approximate surface area is 192 Å². The van der Waals surface area contributed by atoms with Gasteiger partial charge in [0.1, 0.15) is 0 Å². The molecular weight excluding hydrogens is 428 g/mol. The van der Waals surface area contributed by atoms with Gasteiger partial charge in [-0.1, -0.05) is 35.8 Å². The molecule has 178 valence electrons. The van der Waals surface area contributed by atoms with Gasteiger partial charge in [0.25, 0.3) is 5.92 Å². The molecule has 7 nitrogen and oxygen atoms in total. The van der Waals surface area contributed by atoms with Crippen molar-refractivity contribution in [1.29, 1.82) is 0 Å². The van der Waals surface area contributed by atoms with Crippen molar-refractivity contribution < 1.29 is 18.1 Å². The van der Waals surface area contributed by atoms with Crippen LogP contribution in [0.4, 0.5) is 8.78 Å². The minimum atomic E-state index is -2.83. The van der Waals surface area contributed by atoms with Gasteiger partial charge in [-0.05, 0) is 36.8 Å². The van der Waals surface area contributed by atoms with Crippen LogP contribution in [-0.4, -0.2) is 57.4 Å². The van der Waals surface area contributed by atoms with Crippen molar-refractivity contribution in [3.8, 4) is 0 Å². The van der Waals surface area contributed by atoms with Crippen LogP contribution in [0.25, 0.3) is 0 Å². The molecular formula is C24H31F2N5O2. The second-order valence-electron chi connectivity index (χ2n) is 9.76. The first kappa shape index (κ1) is 22.4. The van der Waals surface area contributed by atoms with Crippen LogP contribution in [0.2, 0.25) is 0 Å². The van der Waals surface area contributed by atoms with E-state index in [-0.39, 0.29) is 37.4 Å². The van der Waals surface area contributed by atoms with Crippen molar-refractivity contribution in [3.63, 3.8) is 0 Å². The Hall–Kier alpha value is -2.39. The molecule has 2 aromatic rings. The van der Waals surface area contributed by atoms with Gasteiger partial charge in [0, 0.05) is 44.4 Å². The first-order valence-electron chi connectivity index (χ1n) is 11.9. The molecule has 0 spiro atoms. The Kier molecular flexibility index (Phi) is 6.18. The second-order valence-corrected chi connectivity index (χ2v) is 9.76. The molecule has 1 aliphatic carbocycles. The van der Waals surface area contributed by atoms with Crippen molar-refractivity contribution >= 4 is 5.91 Å². The van der Waals surface area contributed by atoms with Crippen molar-refractivity contribution in [3.05, 3.63) is 47.1 Å². The van der Waals surface area contributed by atoms with Crippen molar-refractivity contribution in [2.45, 2.75) is 75.4 Å². The molecule has 2 atom stereocenters. The Morgan fingerprint density at radius 2 is 2.03 bits per heavy atom. The molecule has 0 unspecified atom stereocenters. The molecule has 0 bridgehead atoms. The normalized spacial score (nSPS) is 24.4. The maximum absolute atomic E-state index is 13.8. The Balaban J connectivity index is 1.26. The quantitative estimate of drug-likeness (QED) is 0.683. The van der Waals surface area contributed by atoms with Gasteiger partial charge in [-0.3, -0.25) is 9.69 Å². The Morgan fingerprint density at radius 3 is 2.79 bits per heavy atom. The van der Waals surface area contributed by atoms with Gasteiger partial charge in [0.05, 0.1) is 12.6 Å². The van der Waals surface area contributed by atoms with Crippen LogP contribution >= 0.6 is 0 Å². The summed E-state index contributed by atoms with van der Waals surface area (Å²) in [5.41, 5.74) is 8.83. The van der Waals surface area contributed by atoms with E-state index in [0.29, 0.717) is 24.8 Å². The third-order valence-corrected chi connectivity index (χ3v) is 7.28. The molecule has 2 aliphatic heterocycles. The second kappa shape index (κ2) is 9.10. The predicted molar refractivity (Wildman–Crippen MR) is 118 cm³/mol. The maximum atomic E-state index is 13.8. The van der Waals surface area contributed by atoms with Gasteiger partial charge in [-0.15, -0.1) is 0 Å². The van der Waals surface area contributed by atoms with Crippen LogP contribution in [0.5, 0.6) is 0 Å². The summed E-state index contributed by atoms with van der Waals surface area (Å²) in [4.78, 5) is 20.3. The minimum absolute atomic E-state index is 0.0469. The highest BCUT2D eigenvalue weighted by Gasteiger charge is 2.39. The predicted octanol–water partition coefficient (Wildman–Crippen LogP) is 3.41. The van der Waals surface area contributed by atoms with Crippen molar-refractivity contribution in [2.24, 2.45) is 5.73 Å². The third-order valence-electron chi connectivity index (χ3n) is 7.28. The van der Waals surface area contributed by atoms with E-state index in [1.165, 1.54) is 22.4 Å². The number of hydrogen-bond donors (Lipinski definition) is 1. The maximum Gasteiger partial charge on any atom is 0.265 e. The number of piperidine rings is 1. The van der Waals surface area contributed by atoms with E-state index in [1.807, 2.05) is 12.1 Å². The Bertz CT molecular complexity index is 993. The number of halogens is 2. The SMILES string of the molecule is N[C@@H](CCN1Cc2ccccc2C[C@H]1c1nc(C2CCC2)no1)CN1CC(F)(F)CCC1=O. The zero-order valence-corrected chi connectivity index (χ0v) is 18.8. The summed E-state index contributed by atoms with van der Waals surface area (Å²) in [5.74, 6) is -1.23. The number of fused-ring (bicyclic) bond motifs is 1. The van der Waals surface area contributed by atoms with Gasteiger partial charge in [0.15, 0.2) is 5.82 Å². The summed E-state index contributed by atoms with van der Waals surface area (Å²) < 4.78 is 33.2. The number of carbonyl (C=O) groups is 1. The first-order chi connectivity index (χ1) is 15.9. The van der Waals surface area contributed by atoms with Gasteiger partial charge >= 0.3 is 0 Å². The van der Waals surface area contributed by atoms with Crippen LogP contribution in [0.15, 0.2) is 28.8 Å². The standard InChI is InChI=1S/C24H31F2N5O2/c25-24(26)10-8-21(32)31(15-24)14-19(27)9-11-30-13-18-5-2-1-4-17(18)12-20(30)23-28-22(29-33-23)16-6-3-7-16/h1-2,4-5,16,19-20H,3,6-15,27H2/t19-,20-/m0/s1. The number of nitrogens with zero attached hydrogens (tertiary/aromatic N) is 4. The number of alkyl halides is 2. The fraction of sp³-hybridized carbons (Fsp3) is 0.625. The molecule has 1 saturated heterocycles. The number of hydrogen-bond acceptors (Lipinski definition) is 6. The lowest BCUT2D eigenvalue weighted by Gasteiger charge is -2.37. The highest BCUT2D eigenvalue weighted by molar-refractivity contribution is 5.77. The molecule has 1 aromatic heterocycles. The van der Waals surface area contributed by atoms with E-state index in [4.69, 9.17) is 15.2 Å². The minimum Gasteiger partial charge on any atom is -0.338 e. The largest absolute Gasteiger partial charge is 0.338 e. The van der Waals surface area contributed by atoms with Crippen LogP contribution in [0.3, 0.4) is 0 Å². The molecule has 3 aliphatic rings. The lowest BCUT2D eigenvalue weighted by atomic mass is 9.85. The lowest BCUT2D eigenvalue weighted by Crippen LogP contribution is -2.50. The molecule has 1 aromatic carbocycles. The summed E-state index contributed by atoms with van der Waals surface area (Å²) in [6.07, 6.45) is 4.29. The average Bonchev–Trinajstić information content (AvgIpc) is 3.22. The smallest absolute Gasteiger partial charge is 0.265 e. The van der Waals surface area contributed by atoms with E-state index in [0.717, 1.165) is 31.6 Å². The van der Waals surface area contributed by atoms with Crippen LogP contribution < -0.4 is 5.73 Å². The van der Waals surface area contributed by atoms with Gasteiger partial charge in [0.2, 0.25) is 11.8 Å². The number of carbonyl (C=O) groups excluding carboxylic acids is 1. The van der Waals surface area contributed by atoms with Crippen LogP contribution in [0.1, 0.15) is 73.3 Å².